The second kappa shape index (κ2) is 8.12. The average Bonchev–Trinajstić information content (AvgIpc) is 2.70. The van der Waals surface area contributed by atoms with Crippen molar-refractivity contribution >= 4 is 21.6 Å². The van der Waals surface area contributed by atoms with E-state index in [1.807, 2.05) is 13.8 Å². The lowest BCUT2D eigenvalue weighted by Crippen LogP contribution is -2.34. The van der Waals surface area contributed by atoms with Crippen LogP contribution in [0.15, 0.2) is 4.90 Å². The monoisotopic (exact) mass is 337 g/mol. The Balaban J connectivity index is 3.11. The fourth-order valence-corrected chi connectivity index (χ4v) is 4.21. The highest BCUT2D eigenvalue weighted by Gasteiger charge is 2.29. The van der Waals surface area contributed by atoms with Crippen molar-refractivity contribution in [1.29, 1.82) is 0 Å². The van der Waals surface area contributed by atoms with Gasteiger partial charge in [0.2, 0.25) is 10.0 Å². The first-order valence-corrected chi connectivity index (χ1v) is 9.05. The van der Waals surface area contributed by atoms with Gasteiger partial charge in [-0.15, -0.1) is 11.6 Å². The van der Waals surface area contributed by atoms with E-state index in [4.69, 9.17) is 16.3 Å². The minimum Gasteiger partial charge on any atom is -0.380 e. The van der Waals surface area contributed by atoms with E-state index < -0.39 is 10.0 Å². The molecule has 0 saturated heterocycles. The lowest BCUT2D eigenvalue weighted by molar-refractivity contribution is 0.135. The molecule has 0 spiro atoms. The maximum atomic E-state index is 12.8. The molecule has 21 heavy (non-hydrogen) atoms. The molecule has 1 rings (SSSR count). The van der Waals surface area contributed by atoms with Crippen LogP contribution in [0.2, 0.25) is 0 Å². The van der Waals surface area contributed by atoms with Crippen LogP contribution in [0.4, 0.5) is 0 Å². The summed E-state index contributed by atoms with van der Waals surface area (Å²) in [4.78, 5) is 0.283. The fraction of sp³-hybridized carbons (Fsp3) is 0.769. The van der Waals surface area contributed by atoms with Gasteiger partial charge in [-0.25, -0.2) is 8.42 Å². The molecule has 8 heteroatoms. The number of sulfonamides is 1. The van der Waals surface area contributed by atoms with Gasteiger partial charge >= 0.3 is 0 Å². The summed E-state index contributed by atoms with van der Waals surface area (Å²) >= 11 is 5.72. The van der Waals surface area contributed by atoms with Crippen LogP contribution in [0.25, 0.3) is 0 Å². The third-order valence-electron chi connectivity index (χ3n) is 3.25. The highest BCUT2D eigenvalue weighted by Crippen LogP contribution is 2.23. The number of nitrogens with zero attached hydrogens (tertiary/aromatic N) is 3. The van der Waals surface area contributed by atoms with E-state index in [2.05, 4.69) is 5.10 Å². The molecular weight excluding hydrogens is 314 g/mol. The Morgan fingerprint density at radius 2 is 2.00 bits per heavy atom. The summed E-state index contributed by atoms with van der Waals surface area (Å²) in [6, 6.07) is 0. The molecule has 0 aliphatic heterocycles. The Kier molecular flexibility index (Phi) is 7.12. The zero-order chi connectivity index (χ0) is 16.0. The molecule has 0 aliphatic rings. The van der Waals surface area contributed by atoms with Gasteiger partial charge in [0.1, 0.15) is 4.90 Å². The summed E-state index contributed by atoms with van der Waals surface area (Å²) in [5.74, 6) is 0.392. The molecule has 0 N–H and O–H groups in total. The van der Waals surface area contributed by atoms with Gasteiger partial charge in [-0.3, -0.25) is 4.68 Å². The van der Waals surface area contributed by atoms with Crippen LogP contribution in [-0.4, -0.2) is 54.7 Å². The predicted octanol–water partition coefficient (Wildman–Crippen LogP) is 1.79. The molecule has 0 atom stereocenters. The van der Waals surface area contributed by atoms with Gasteiger partial charge in [-0.05, 0) is 20.8 Å². The van der Waals surface area contributed by atoms with Gasteiger partial charge in [0.15, 0.2) is 0 Å². The van der Waals surface area contributed by atoms with Crippen molar-refractivity contribution in [2.75, 3.05) is 32.2 Å². The number of ether oxygens (including phenoxy) is 1. The Hall–Kier alpha value is -0.630. The van der Waals surface area contributed by atoms with Crippen LogP contribution in [0, 0.1) is 13.8 Å². The summed E-state index contributed by atoms with van der Waals surface area (Å²) < 4.78 is 33.9. The smallest absolute Gasteiger partial charge is 0.246 e. The SMILES string of the molecule is CCOCCN(CC)S(=O)(=O)c1c(C)nn(CCCl)c1C. The number of rotatable bonds is 9. The Labute approximate surface area is 132 Å². The summed E-state index contributed by atoms with van der Waals surface area (Å²) in [5.41, 5.74) is 1.13. The number of hydrogen-bond donors (Lipinski definition) is 0. The molecule has 0 radical (unpaired) electrons. The molecule has 0 saturated carbocycles. The van der Waals surface area contributed by atoms with E-state index in [0.717, 1.165) is 0 Å². The highest BCUT2D eigenvalue weighted by atomic mass is 35.5. The van der Waals surface area contributed by atoms with Crippen LogP contribution in [0.3, 0.4) is 0 Å². The molecule has 0 unspecified atom stereocenters. The minimum atomic E-state index is -3.56. The standard InChI is InChI=1S/C13H24ClN3O3S/c1-5-16(9-10-20-6-2)21(18,19)13-11(3)15-17(8-7-14)12(13)4/h5-10H2,1-4H3. The molecule has 1 heterocycles. The van der Waals surface area contributed by atoms with Crippen LogP contribution < -0.4 is 0 Å². The van der Waals surface area contributed by atoms with E-state index in [9.17, 15) is 8.42 Å². The Morgan fingerprint density at radius 1 is 1.33 bits per heavy atom. The van der Waals surface area contributed by atoms with Crippen molar-refractivity contribution in [2.24, 2.45) is 0 Å². The summed E-state index contributed by atoms with van der Waals surface area (Å²) in [6.07, 6.45) is 0. The topological polar surface area (TPSA) is 64.4 Å². The third kappa shape index (κ3) is 4.18. The van der Waals surface area contributed by atoms with Crippen molar-refractivity contribution in [3.8, 4) is 0 Å². The van der Waals surface area contributed by atoms with Crippen LogP contribution in [0.1, 0.15) is 25.2 Å². The maximum absolute atomic E-state index is 12.8. The molecule has 0 aliphatic carbocycles. The van der Waals surface area contributed by atoms with Crippen molar-refractivity contribution < 1.29 is 13.2 Å². The zero-order valence-corrected chi connectivity index (χ0v) is 14.7. The van der Waals surface area contributed by atoms with E-state index in [1.54, 1.807) is 18.5 Å². The van der Waals surface area contributed by atoms with Crippen LogP contribution in [0.5, 0.6) is 0 Å². The Bertz CT molecular complexity index is 557. The third-order valence-corrected chi connectivity index (χ3v) is 5.65. The van der Waals surface area contributed by atoms with E-state index in [-0.39, 0.29) is 4.90 Å². The molecule has 0 amide bonds. The van der Waals surface area contributed by atoms with Crippen molar-refractivity contribution in [3.05, 3.63) is 11.4 Å². The number of likely N-dealkylation sites (N-methyl/N-ethyl adjacent to an activating group) is 1. The summed E-state index contributed by atoms with van der Waals surface area (Å²) in [6.45, 7) is 9.36. The molecule has 1 aromatic heterocycles. The largest absolute Gasteiger partial charge is 0.380 e. The van der Waals surface area contributed by atoms with Crippen molar-refractivity contribution in [1.82, 2.24) is 14.1 Å². The first kappa shape index (κ1) is 18.4. The minimum absolute atomic E-state index is 0.283. The quantitative estimate of drug-likeness (QED) is 0.509. The maximum Gasteiger partial charge on any atom is 0.246 e. The molecule has 122 valence electrons. The van der Waals surface area contributed by atoms with E-state index >= 15 is 0 Å². The first-order valence-electron chi connectivity index (χ1n) is 7.07. The number of aryl methyl sites for hydroxylation is 2. The van der Waals surface area contributed by atoms with E-state index in [0.29, 0.717) is 50.1 Å². The van der Waals surface area contributed by atoms with Gasteiger partial charge in [0.05, 0.1) is 24.5 Å². The molecular formula is C13H24ClN3O3S. The lowest BCUT2D eigenvalue weighted by atomic mass is 10.4. The second-order valence-corrected chi connectivity index (χ2v) is 6.86. The second-order valence-electron chi connectivity index (χ2n) is 4.61. The number of halogens is 1. The molecule has 0 fully saturated rings. The molecule has 0 aromatic carbocycles. The average molecular weight is 338 g/mol. The van der Waals surface area contributed by atoms with Crippen molar-refractivity contribution in [2.45, 2.75) is 39.1 Å². The molecule has 6 nitrogen and oxygen atoms in total. The van der Waals surface area contributed by atoms with Crippen molar-refractivity contribution in [3.63, 3.8) is 0 Å². The molecule has 1 aromatic rings. The van der Waals surface area contributed by atoms with Crippen LogP contribution >= 0.6 is 11.6 Å². The Morgan fingerprint density at radius 3 is 2.52 bits per heavy atom. The normalized spacial score (nSPS) is 12.3. The summed E-state index contributed by atoms with van der Waals surface area (Å²) in [7, 11) is -3.56. The van der Waals surface area contributed by atoms with Gasteiger partial charge < -0.3 is 4.74 Å². The fourth-order valence-electron chi connectivity index (χ4n) is 2.24. The van der Waals surface area contributed by atoms with Crippen LogP contribution in [-0.2, 0) is 21.3 Å². The van der Waals surface area contributed by atoms with Gasteiger partial charge in [-0.2, -0.15) is 9.40 Å². The predicted molar refractivity (Wildman–Crippen MR) is 83.3 cm³/mol. The molecule has 0 bridgehead atoms. The number of aromatic nitrogens is 2. The number of hydrogen-bond acceptors (Lipinski definition) is 4. The zero-order valence-electron chi connectivity index (χ0n) is 13.1. The van der Waals surface area contributed by atoms with Gasteiger partial charge in [-0.1, -0.05) is 6.92 Å². The lowest BCUT2D eigenvalue weighted by Gasteiger charge is -2.20. The number of alkyl halides is 1. The van der Waals surface area contributed by atoms with E-state index in [1.165, 1.54) is 4.31 Å². The first-order chi connectivity index (χ1) is 9.89. The summed E-state index contributed by atoms with van der Waals surface area (Å²) in [5, 5.41) is 4.27. The highest BCUT2D eigenvalue weighted by molar-refractivity contribution is 7.89. The van der Waals surface area contributed by atoms with Gasteiger partial charge in [0, 0.05) is 25.6 Å². The van der Waals surface area contributed by atoms with Gasteiger partial charge in [0.25, 0.3) is 0 Å².